The predicted octanol–water partition coefficient (Wildman–Crippen LogP) is 1.74. The Bertz CT molecular complexity index is 436. The molecular weight excluding hydrogens is 246 g/mol. The fourth-order valence-corrected chi connectivity index (χ4v) is 1.37. The van der Waals surface area contributed by atoms with Gasteiger partial charge in [0.2, 0.25) is 0 Å². The molecule has 4 nitrogen and oxygen atoms in total. The van der Waals surface area contributed by atoms with E-state index in [1.54, 1.807) is 0 Å². The second kappa shape index (κ2) is 4.63. The van der Waals surface area contributed by atoms with Gasteiger partial charge in [-0.05, 0) is 6.07 Å². The van der Waals surface area contributed by atoms with E-state index in [1.165, 1.54) is 0 Å². The van der Waals surface area contributed by atoms with E-state index < -0.39 is 40.0 Å². The standard InChI is InChI=1S/C9H7ClF2O4/c1-16-8-4(11)2-3(10)6(12)5(8)7(13)9(14)15/h2,7,13H,1H3,(H,14,15). The summed E-state index contributed by atoms with van der Waals surface area (Å²) in [7, 11) is 1.02. The first-order chi connectivity index (χ1) is 7.40. The Balaban J connectivity index is 3.50. The van der Waals surface area contributed by atoms with Crippen molar-refractivity contribution in [1.82, 2.24) is 0 Å². The van der Waals surface area contributed by atoms with Crippen LogP contribution in [0.4, 0.5) is 8.78 Å². The van der Waals surface area contributed by atoms with Crippen molar-refractivity contribution < 1.29 is 28.5 Å². The summed E-state index contributed by atoms with van der Waals surface area (Å²) in [6, 6.07) is 0.633. The predicted molar refractivity (Wildman–Crippen MR) is 50.5 cm³/mol. The highest BCUT2D eigenvalue weighted by Crippen LogP contribution is 2.34. The quantitative estimate of drug-likeness (QED) is 0.804. The summed E-state index contributed by atoms with van der Waals surface area (Å²) in [6.45, 7) is 0. The van der Waals surface area contributed by atoms with Gasteiger partial charge >= 0.3 is 5.97 Å². The van der Waals surface area contributed by atoms with E-state index in [4.69, 9.17) is 16.7 Å². The first kappa shape index (κ1) is 12.7. The van der Waals surface area contributed by atoms with E-state index in [9.17, 15) is 18.7 Å². The largest absolute Gasteiger partial charge is 0.493 e. The van der Waals surface area contributed by atoms with E-state index in [0.717, 1.165) is 7.11 Å². The molecule has 0 aliphatic carbocycles. The Morgan fingerprint density at radius 1 is 1.56 bits per heavy atom. The minimum Gasteiger partial charge on any atom is -0.493 e. The number of rotatable bonds is 3. The molecule has 0 fully saturated rings. The van der Waals surface area contributed by atoms with Crippen LogP contribution in [0.15, 0.2) is 6.07 Å². The average Bonchev–Trinajstić information content (AvgIpc) is 2.21. The number of aliphatic hydroxyl groups excluding tert-OH is 1. The van der Waals surface area contributed by atoms with Crippen molar-refractivity contribution in [2.24, 2.45) is 0 Å². The summed E-state index contributed by atoms with van der Waals surface area (Å²) in [5.74, 6) is -4.70. The fraction of sp³-hybridized carbons (Fsp3) is 0.222. The van der Waals surface area contributed by atoms with Gasteiger partial charge < -0.3 is 14.9 Å². The zero-order valence-electron chi connectivity index (χ0n) is 8.00. The van der Waals surface area contributed by atoms with E-state index in [1.807, 2.05) is 0 Å². The molecule has 88 valence electrons. The maximum atomic E-state index is 13.4. The lowest BCUT2D eigenvalue weighted by atomic mass is 10.1. The van der Waals surface area contributed by atoms with Crippen LogP contribution >= 0.6 is 11.6 Å². The van der Waals surface area contributed by atoms with Crippen molar-refractivity contribution in [2.75, 3.05) is 7.11 Å². The number of benzene rings is 1. The smallest absolute Gasteiger partial charge is 0.337 e. The molecule has 0 aliphatic heterocycles. The number of carbonyl (C=O) groups is 1. The van der Waals surface area contributed by atoms with Crippen LogP contribution < -0.4 is 4.74 Å². The van der Waals surface area contributed by atoms with Crippen molar-refractivity contribution >= 4 is 17.6 Å². The third-order valence-corrected chi connectivity index (χ3v) is 2.15. The second-order valence-electron chi connectivity index (χ2n) is 2.84. The summed E-state index contributed by atoms with van der Waals surface area (Å²) in [5.41, 5.74) is -0.833. The summed E-state index contributed by atoms with van der Waals surface area (Å²) in [6.07, 6.45) is -2.25. The van der Waals surface area contributed by atoms with Gasteiger partial charge in [0, 0.05) is 0 Å². The van der Waals surface area contributed by atoms with Gasteiger partial charge in [-0.2, -0.15) is 0 Å². The van der Waals surface area contributed by atoms with Gasteiger partial charge in [-0.15, -0.1) is 0 Å². The summed E-state index contributed by atoms with van der Waals surface area (Å²) >= 11 is 5.32. The number of aliphatic hydroxyl groups is 1. The molecule has 0 radical (unpaired) electrons. The number of aliphatic carboxylic acids is 1. The lowest BCUT2D eigenvalue weighted by molar-refractivity contribution is -0.147. The van der Waals surface area contributed by atoms with Crippen LogP contribution in [0.2, 0.25) is 5.02 Å². The molecular formula is C9H7ClF2O4. The zero-order valence-corrected chi connectivity index (χ0v) is 8.76. The molecule has 0 amide bonds. The van der Waals surface area contributed by atoms with Crippen molar-refractivity contribution in [2.45, 2.75) is 6.10 Å². The highest BCUT2D eigenvalue weighted by atomic mass is 35.5. The highest BCUT2D eigenvalue weighted by Gasteiger charge is 2.28. The van der Waals surface area contributed by atoms with Crippen LogP contribution in [-0.2, 0) is 4.79 Å². The van der Waals surface area contributed by atoms with Gasteiger partial charge in [-0.1, -0.05) is 11.6 Å². The monoisotopic (exact) mass is 252 g/mol. The lowest BCUT2D eigenvalue weighted by Crippen LogP contribution is -2.14. The summed E-state index contributed by atoms with van der Waals surface area (Å²) in [5, 5.41) is 17.1. The van der Waals surface area contributed by atoms with E-state index in [0.29, 0.717) is 6.07 Å². The van der Waals surface area contributed by atoms with Crippen molar-refractivity contribution in [1.29, 1.82) is 0 Å². The van der Waals surface area contributed by atoms with E-state index >= 15 is 0 Å². The number of halogens is 3. The highest BCUT2D eigenvalue weighted by molar-refractivity contribution is 6.30. The first-order valence-electron chi connectivity index (χ1n) is 4.02. The van der Waals surface area contributed by atoms with Crippen molar-refractivity contribution in [3.8, 4) is 5.75 Å². The molecule has 1 unspecified atom stereocenters. The Hall–Kier alpha value is -1.40. The third kappa shape index (κ3) is 2.07. The van der Waals surface area contributed by atoms with Gasteiger partial charge in [0.1, 0.15) is 0 Å². The van der Waals surface area contributed by atoms with Crippen LogP contribution in [0.25, 0.3) is 0 Å². The lowest BCUT2D eigenvalue weighted by Gasteiger charge is -2.13. The van der Waals surface area contributed by atoms with Crippen molar-refractivity contribution in [3.63, 3.8) is 0 Å². The first-order valence-corrected chi connectivity index (χ1v) is 4.40. The van der Waals surface area contributed by atoms with Crippen LogP contribution in [0.3, 0.4) is 0 Å². The molecule has 0 saturated carbocycles. The Morgan fingerprint density at radius 3 is 2.56 bits per heavy atom. The maximum absolute atomic E-state index is 13.4. The molecule has 0 aliphatic rings. The molecule has 1 atom stereocenters. The number of hydrogen-bond acceptors (Lipinski definition) is 3. The number of carboxylic acid groups (broad SMARTS) is 1. The van der Waals surface area contributed by atoms with Crippen molar-refractivity contribution in [3.05, 3.63) is 28.3 Å². The van der Waals surface area contributed by atoms with Gasteiger partial charge in [0.05, 0.1) is 17.7 Å². The molecule has 0 aromatic heterocycles. The molecule has 1 aromatic rings. The van der Waals surface area contributed by atoms with Crippen LogP contribution in [0, 0.1) is 11.6 Å². The average molecular weight is 253 g/mol. The number of methoxy groups -OCH3 is 1. The Kier molecular flexibility index (Phi) is 3.66. The minimum absolute atomic E-state index is 0.631. The molecule has 0 heterocycles. The number of hydrogen-bond donors (Lipinski definition) is 2. The van der Waals surface area contributed by atoms with Gasteiger partial charge in [-0.3, -0.25) is 0 Å². The molecule has 16 heavy (non-hydrogen) atoms. The summed E-state index contributed by atoms with van der Waals surface area (Å²) < 4.78 is 31.2. The Morgan fingerprint density at radius 2 is 2.12 bits per heavy atom. The maximum Gasteiger partial charge on any atom is 0.337 e. The molecule has 0 spiro atoms. The molecule has 2 N–H and O–H groups in total. The molecule has 0 bridgehead atoms. The van der Waals surface area contributed by atoms with Crippen LogP contribution in [-0.4, -0.2) is 23.3 Å². The minimum atomic E-state index is -2.25. The SMILES string of the molecule is COc1c(F)cc(Cl)c(F)c1C(O)C(=O)O. The van der Waals surface area contributed by atoms with Gasteiger partial charge in [-0.25, -0.2) is 13.6 Å². The van der Waals surface area contributed by atoms with E-state index in [-0.39, 0.29) is 0 Å². The summed E-state index contributed by atoms with van der Waals surface area (Å²) in [4.78, 5) is 10.5. The molecule has 7 heteroatoms. The van der Waals surface area contributed by atoms with Gasteiger partial charge in [0.15, 0.2) is 23.5 Å². The second-order valence-corrected chi connectivity index (χ2v) is 3.25. The van der Waals surface area contributed by atoms with Crippen LogP contribution in [0.5, 0.6) is 5.75 Å². The van der Waals surface area contributed by atoms with E-state index in [2.05, 4.69) is 4.74 Å². The Labute approximate surface area is 94.0 Å². The normalized spacial score (nSPS) is 12.3. The molecule has 1 aromatic carbocycles. The van der Waals surface area contributed by atoms with Crippen LogP contribution in [0.1, 0.15) is 11.7 Å². The zero-order chi connectivity index (χ0) is 12.5. The molecule has 1 rings (SSSR count). The fourth-order valence-electron chi connectivity index (χ4n) is 1.17. The number of ether oxygens (including phenoxy) is 1. The number of carboxylic acids is 1. The van der Waals surface area contributed by atoms with Gasteiger partial charge in [0.25, 0.3) is 0 Å². The third-order valence-electron chi connectivity index (χ3n) is 1.87. The molecule has 0 saturated heterocycles. The topological polar surface area (TPSA) is 66.8 Å².